The van der Waals surface area contributed by atoms with Gasteiger partial charge in [-0.3, -0.25) is 14.2 Å². The van der Waals surface area contributed by atoms with Crippen LogP contribution < -0.4 is 5.56 Å². The third-order valence-corrected chi connectivity index (χ3v) is 7.12. The number of hydrogen-bond acceptors (Lipinski definition) is 4. The quantitative estimate of drug-likeness (QED) is 0.502. The topological polar surface area (TPSA) is 50.0 Å². The van der Waals surface area contributed by atoms with Gasteiger partial charge in [0.05, 0.1) is 11.4 Å². The average Bonchev–Trinajstić information content (AvgIpc) is 2.75. The van der Waals surface area contributed by atoms with Crippen LogP contribution in [0.25, 0.3) is 5.65 Å². The summed E-state index contributed by atoms with van der Waals surface area (Å²) >= 11 is 0. The van der Waals surface area contributed by atoms with Crippen LogP contribution in [-0.2, 0) is 0 Å². The highest BCUT2D eigenvalue weighted by Crippen LogP contribution is 2.33. The number of allylic oxidation sites excluding steroid dienone is 3. The van der Waals surface area contributed by atoms with E-state index in [2.05, 4.69) is 29.5 Å². The summed E-state index contributed by atoms with van der Waals surface area (Å²) in [5.74, 6) is 0.519. The Morgan fingerprint density at radius 2 is 2.00 bits per heavy atom. The second kappa shape index (κ2) is 9.31. The van der Waals surface area contributed by atoms with Gasteiger partial charge in [-0.1, -0.05) is 31.6 Å². The van der Waals surface area contributed by atoms with Gasteiger partial charge < -0.3 is 4.90 Å². The van der Waals surface area contributed by atoms with E-state index in [1.165, 1.54) is 50.8 Å². The predicted molar refractivity (Wildman–Crippen MR) is 128 cm³/mol. The van der Waals surface area contributed by atoms with Gasteiger partial charge in [-0.25, -0.2) is 4.98 Å². The Bertz CT molecular complexity index is 1080. The van der Waals surface area contributed by atoms with Gasteiger partial charge in [0.15, 0.2) is 0 Å². The van der Waals surface area contributed by atoms with E-state index in [4.69, 9.17) is 4.98 Å². The summed E-state index contributed by atoms with van der Waals surface area (Å²) in [6, 6.07) is 6.55. The molecule has 5 heteroatoms. The highest BCUT2D eigenvalue weighted by molar-refractivity contribution is 6.08. The molecule has 0 amide bonds. The van der Waals surface area contributed by atoms with Crippen molar-refractivity contribution in [3.8, 4) is 0 Å². The van der Waals surface area contributed by atoms with Gasteiger partial charge in [0.2, 0.25) is 0 Å². The second-order valence-corrected chi connectivity index (χ2v) is 8.96. The van der Waals surface area contributed by atoms with Crippen molar-refractivity contribution in [3.63, 3.8) is 0 Å². The summed E-state index contributed by atoms with van der Waals surface area (Å²) in [5, 5.41) is 0. The van der Waals surface area contributed by atoms with Crippen LogP contribution in [0.1, 0.15) is 69.5 Å². The van der Waals surface area contributed by atoms with Gasteiger partial charge in [-0.05, 0) is 81.3 Å². The Morgan fingerprint density at radius 3 is 2.61 bits per heavy atom. The SMILES string of the molecule is C=C(CC)/C(C)=C/C(=NC)c1cc(=O)n2cc(C3CCN(C4CCC4)CC3)ccc2n1. The van der Waals surface area contributed by atoms with Gasteiger partial charge in [-0.15, -0.1) is 0 Å². The van der Waals surface area contributed by atoms with Gasteiger partial charge in [0, 0.05) is 25.4 Å². The predicted octanol–water partition coefficient (Wildman–Crippen LogP) is 4.76. The molecular formula is C26H34N4O. The van der Waals surface area contributed by atoms with Crippen LogP contribution in [-0.4, -0.2) is 46.2 Å². The second-order valence-electron chi connectivity index (χ2n) is 8.96. The van der Waals surface area contributed by atoms with Gasteiger partial charge >= 0.3 is 0 Å². The van der Waals surface area contributed by atoms with E-state index < -0.39 is 0 Å². The molecule has 3 heterocycles. The highest BCUT2D eigenvalue weighted by atomic mass is 16.1. The molecule has 0 bridgehead atoms. The van der Waals surface area contributed by atoms with E-state index in [9.17, 15) is 4.79 Å². The number of rotatable bonds is 6. The fraction of sp³-hybridized carbons (Fsp3) is 0.500. The summed E-state index contributed by atoms with van der Waals surface area (Å²) < 4.78 is 1.69. The number of nitrogens with zero attached hydrogens (tertiary/aromatic N) is 4. The first-order valence-corrected chi connectivity index (χ1v) is 11.6. The standard InChI is InChI=1S/C26H34N4O/c1-5-18(2)19(3)15-23(27-4)24-16-26(31)30-17-21(9-10-25(30)28-24)20-11-13-29(14-12-20)22-7-6-8-22/h9-10,15-17,20,22H,2,5-8,11-14H2,1,3-4H3/b19-15+,27-23?. The van der Waals surface area contributed by atoms with E-state index >= 15 is 0 Å². The molecule has 5 nitrogen and oxygen atoms in total. The van der Waals surface area contributed by atoms with Crippen molar-refractivity contribution in [3.05, 3.63) is 69.8 Å². The maximum atomic E-state index is 12.9. The van der Waals surface area contributed by atoms with Crippen molar-refractivity contribution < 1.29 is 0 Å². The Balaban J connectivity index is 1.57. The molecule has 164 valence electrons. The zero-order valence-electron chi connectivity index (χ0n) is 19.1. The third-order valence-electron chi connectivity index (χ3n) is 7.12. The molecule has 31 heavy (non-hydrogen) atoms. The van der Waals surface area contributed by atoms with E-state index in [0.717, 1.165) is 23.6 Å². The van der Waals surface area contributed by atoms with Crippen molar-refractivity contribution in [2.24, 2.45) is 4.99 Å². The fourth-order valence-electron chi connectivity index (χ4n) is 4.68. The van der Waals surface area contributed by atoms with Gasteiger partial charge in [-0.2, -0.15) is 0 Å². The maximum Gasteiger partial charge on any atom is 0.258 e. The zero-order chi connectivity index (χ0) is 22.0. The minimum absolute atomic E-state index is 0.0599. The van der Waals surface area contributed by atoms with Crippen LogP contribution in [0.2, 0.25) is 0 Å². The average molecular weight is 419 g/mol. The number of likely N-dealkylation sites (tertiary alicyclic amines) is 1. The number of piperidine rings is 1. The number of aliphatic imine (C=N–C) groups is 1. The molecule has 1 aliphatic heterocycles. The van der Waals surface area contributed by atoms with Crippen molar-refractivity contribution in [1.82, 2.24) is 14.3 Å². The molecule has 1 saturated carbocycles. The van der Waals surface area contributed by atoms with E-state index in [1.54, 1.807) is 17.5 Å². The van der Waals surface area contributed by atoms with E-state index in [-0.39, 0.29) is 5.56 Å². The normalized spacial score (nSPS) is 19.6. The van der Waals surface area contributed by atoms with Crippen molar-refractivity contribution in [1.29, 1.82) is 0 Å². The van der Waals surface area contributed by atoms with Crippen molar-refractivity contribution in [2.45, 2.75) is 64.3 Å². The monoisotopic (exact) mass is 418 g/mol. The fourth-order valence-corrected chi connectivity index (χ4v) is 4.68. The molecule has 2 aromatic heterocycles. The largest absolute Gasteiger partial charge is 0.300 e. The number of pyridine rings is 1. The molecule has 0 aromatic carbocycles. The van der Waals surface area contributed by atoms with Crippen molar-refractivity contribution in [2.75, 3.05) is 20.1 Å². The first kappa shape index (κ1) is 21.7. The number of aromatic nitrogens is 2. The molecule has 2 aliphatic rings. The lowest BCUT2D eigenvalue weighted by Gasteiger charge is -2.41. The van der Waals surface area contributed by atoms with E-state index in [0.29, 0.717) is 23.0 Å². The molecule has 0 spiro atoms. The minimum Gasteiger partial charge on any atom is -0.300 e. The number of hydrogen-bond donors (Lipinski definition) is 0. The molecule has 2 aromatic rings. The molecule has 2 fully saturated rings. The van der Waals surface area contributed by atoms with Crippen molar-refractivity contribution >= 4 is 11.4 Å². The molecule has 4 rings (SSSR count). The summed E-state index contributed by atoms with van der Waals surface area (Å²) in [6.45, 7) is 10.5. The first-order chi connectivity index (χ1) is 15.0. The minimum atomic E-state index is -0.0599. The third kappa shape index (κ3) is 4.57. The molecule has 0 N–H and O–H groups in total. The molecule has 0 unspecified atom stereocenters. The first-order valence-electron chi connectivity index (χ1n) is 11.6. The summed E-state index contributed by atoms with van der Waals surface area (Å²) in [7, 11) is 1.73. The van der Waals surface area contributed by atoms with Crippen LogP contribution in [0.15, 0.2) is 58.0 Å². The Labute approximate surface area is 185 Å². The van der Waals surface area contributed by atoms with Gasteiger partial charge in [0.1, 0.15) is 5.65 Å². The lowest BCUT2D eigenvalue weighted by Crippen LogP contribution is -2.44. The maximum absolute atomic E-state index is 12.9. The van der Waals surface area contributed by atoms with Crippen LogP contribution in [0.3, 0.4) is 0 Å². The molecule has 1 saturated heterocycles. The Morgan fingerprint density at radius 1 is 1.26 bits per heavy atom. The molecule has 0 radical (unpaired) electrons. The smallest absolute Gasteiger partial charge is 0.258 e. The van der Waals surface area contributed by atoms with Gasteiger partial charge in [0.25, 0.3) is 5.56 Å². The molecule has 1 aliphatic carbocycles. The number of fused-ring (bicyclic) bond motifs is 1. The lowest BCUT2D eigenvalue weighted by atomic mass is 9.86. The molecule has 0 atom stereocenters. The highest BCUT2D eigenvalue weighted by Gasteiger charge is 2.29. The Hall–Kier alpha value is -2.53. The summed E-state index contributed by atoms with van der Waals surface area (Å²) in [5.41, 5.74) is 5.29. The van der Waals surface area contributed by atoms with Crippen LogP contribution in [0, 0.1) is 0 Å². The van der Waals surface area contributed by atoms with E-state index in [1.807, 2.05) is 25.3 Å². The zero-order valence-corrected chi connectivity index (χ0v) is 19.1. The van der Waals surface area contributed by atoms with Crippen LogP contribution in [0.5, 0.6) is 0 Å². The Kier molecular flexibility index (Phi) is 6.51. The molecular weight excluding hydrogens is 384 g/mol. The van der Waals surface area contributed by atoms with Crippen LogP contribution in [0.4, 0.5) is 0 Å². The van der Waals surface area contributed by atoms with Crippen LogP contribution >= 0.6 is 0 Å². The summed E-state index contributed by atoms with van der Waals surface area (Å²) in [4.78, 5) is 24.7. The summed E-state index contributed by atoms with van der Waals surface area (Å²) in [6.07, 6.45) is 11.3. The lowest BCUT2D eigenvalue weighted by molar-refractivity contribution is 0.0975.